The lowest BCUT2D eigenvalue weighted by Crippen LogP contribution is -2.14. The Hall–Kier alpha value is -1.28. The van der Waals surface area contributed by atoms with Gasteiger partial charge in [0.25, 0.3) is 0 Å². The van der Waals surface area contributed by atoms with Gasteiger partial charge in [-0.2, -0.15) is 0 Å². The fourth-order valence-electron chi connectivity index (χ4n) is 2.25. The number of rotatable bonds is 1. The predicted molar refractivity (Wildman–Crippen MR) is 72.3 cm³/mol. The van der Waals surface area contributed by atoms with Crippen molar-refractivity contribution in [1.82, 2.24) is 0 Å². The molecule has 1 heterocycles. The van der Waals surface area contributed by atoms with Gasteiger partial charge in [-0.05, 0) is 36.1 Å². The Labute approximate surface area is 110 Å². The van der Waals surface area contributed by atoms with Crippen LogP contribution in [0.25, 0.3) is 0 Å². The van der Waals surface area contributed by atoms with Crippen molar-refractivity contribution < 1.29 is 4.74 Å². The summed E-state index contributed by atoms with van der Waals surface area (Å²) in [6.45, 7) is 0. The first kappa shape index (κ1) is 10.8. The van der Waals surface area contributed by atoms with E-state index in [0.717, 1.165) is 23.1 Å². The summed E-state index contributed by atoms with van der Waals surface area (Å²) >= 11 is 3.49. The fraction of sp³-hybridized carbons (Fsp3) is 0.200. The van der Waals surface area contributed by atoms with Crippen molar-refractivity contribution in [3.05, 3.63) is 64.1 Å². The smallest absolute Gasteiger partial charge is 0.124 e. The third-order valence-corrected chi connectivity index (χ3v) is 3.64. The Morgan fingerprint density at radius 3 is 2.71 bits per heavy atom. The molecule has 0 amide bonds. The summed E-state index contributed by atoms with van der Waals surface area (Å²) in [7, 11) is 0. The molecule has 0 aromatic heterocycles. The fourth-order valence-corrected chi connectivity index (χ4v) is 2.59. The van der Waals surface area contributed by atoms with Crippen LogP contribution in [0.1, 0.15) is 23.7 Å². The van der Waals surface area contributed by atoms with Crippen LogP contribution in [0.4, 0.5) is 0 Å². The highest BCUT2D eigenvalue weighted by Gasteiger charge is 2.20. The number of halogens is 1. The second-order valence-corrected chi connectivity index (χ2v) is 5.22. The number of ether oxygens (including phenoxy) is 1. The third-order valence-electron chi connectivity index (χ3n) is 3.15. The number of aryl methyl sites for hydroxylation is 1. The molecule has 1 aliphatic rings. The minimum atomic E-state index is 0.193. The van der Waals surface area contributed by atoms with E-state index < -0.39 is 0 Å². The van der Waals surface area contributed by atoms with Crippen LogP contribution in [0.5, 0.6) is 5.75 Å². The standard InChI is InChI=1S/C15H13BrO/c16-13-8-6-12-7-9-14(17-15(12)10-13)11-4-2-1-3-5-11/h1-6,8,10,14H,7,9H2. The van der Waals surface area contributed by atoms with Gasteiger partial charge < -0.3 is 4.74 Å². The molecular formula is C15H13BrO. The van der Waals surface area contributed by atoms with Gasteiger partial charge >= 0.3 is 0 Å². The molecule has 2 aromatic carbocycles. The minimum Gasteiger partial charge on any atom is -0.485 e. The molecule has 0 N–H and O–H groups in total. The van der Waals surface area contributed by atoms with E-state index in [1.807, 2.05) is 6.07 Å². The van der Waals surface area contributed by atoms with Gasteiger partial charge in [0.1, 0.15) is 11.9 Å². The molecule has 2 heteroatoms. The van der Waals surface area contributed by atoms with E-state index in [2.05, 4.69) is 58.4 Å². The van der Waals surface area contributed by atoms with Crippen molar-refractivity contribution in [2.75, 3.05) is 0 Å². The Bertz CT molecular complexity index is 522. The maximum absolute atomic E-state index is 6.07. The summed E-state index contributed by atoms with van der Waals surface area (Å²) in [4.78, 5) is 0. The lowest BCUT2D eigenvalue weighted by molar-refractivity contribution is 0.176. The van der Waals surface area contributed by atoms with Gasteiger partial charge in [0.05, 0.1) is 0 Å². The van der Waals surface area contributed by atoms with Gasteiger partial charge in [-0.3, -0.25) is 0 Å². The zero-order valence-corrected chi connectivity index (χ0v) is 11.0. The van der Waals surface area contributed by atoms with E-state index in [1.54, 1.807) is 0 Å². The molecule has 0 saturated carbocycles. The molecule has 1 unspecified atom stereocenters. The van der Waals surface area contributed by atoms with Crippen molar-refractivity contribution in [2.45, 2.75) is 18.9 Å². The zero-order valence-electron chi connectivity index (χ0n) is 9.40. The van der Waals surface area contributed by atoms with Gasteiger partial charge in [-0.1, -0.05) is 52.3 Å². The molecule has 0 saturated heterocycles. The van der Waals surface area contributed by atoms with Crippen LogP contribution in [0.3, 0.4) is 0 Å². The highest BCUT2D eigenvalue weighted by Crippen LogP contribution is 2.36. The molecule has 2 aromatic rings. The van der Waals surface area contributed by atoms with E-state index in [9.17, 15) is 0 Å². The van der Waals surface area contributed by atoms with Crippen molar-refractivity contribution in [1.29, 1.82) is 0 Å². The summed E-state index contributed by atoms with van der Waals surface area (Å²) < 4.78 is 7.14. The van der Waals surface area contributed by atoms with Gasteiger partial charge in [-0.15, -0.1) is 0 Å². The molecule has 0 radical (unpaired) electrons. The molecule has 17 heavy (non-hydrogen) atoms. The molecule has 0 fully saturated rings. The second-order valence-electron chi connectivity index (χ2n) is 4.31. The lowest BCUT2D eigenvalue weighted by atomic mass is 9.98. The number of benzene rings is 2. The average Bonchev–Trinajstić information content (AvgIpc) is 2.39. The quantitative estimate of drug-likeness (QED) is 0.750. The number of hydrogen-bond acceptors (Lipinski definition) is 1. The van der Waals surface area contributed by atoms with Crippen molar-refractivity contribution >= 4 is 15.9 Å². The van der Waals surface area contributed by atoms with Crippen LogP contribution in [0.15, 0.2) is 53.0 Å². The molecular weight excluding hydrogens is 276 g/mol. The molecule has 0 spiro atoms. The summed E-state index contributed by atoms with van der Waals surface area (Å²) in [5.41, 5.74) is 2.57. The second kappa shape index (κ2) is 4.53. The van der Waals surface area contributed by atoms with Crippen LogP contribution < -0.4 is 4.74 Å². The van der Waals surface area contributed by atoms with E-state index in [0.29, 0.717) is 0 Å². The maximum Gasteiger partial charge on any atom is 0.124 e. The lowest BCUT2D eigenvalue weighted by Gasteiger charge is -2.26. The van der Waals surface area contributed by atoms with Crippen molar-refractivity contribution in [2.24, 2.45) is 0 Å². The largest absolute Gasteiger partial charge is 0.485 e. The van der Waals surface area contributed by atoms with Crippen LogP contribution in [0, 0.1) is 0 Å². The predicted octanol–water partition coefficient (Wildman–Crippen LogP) is 4.52. The van der Waals surface area contributed by atoms with Crippen molar-refractivity contribution in [3.63, 3.8) is 0 Å². The van der Waals surface area contributed by atoms with Crippen LogP contribution in [-0.2, 0) is 6.42 Å². The van der Waals surface area contributed by atoms with Gasteiger partial charge in [0, 0.05) is 4.47 Å². The van der Waals surface area contributed by atoms with Gasteiger partial charge in [0.15, 0.2) is 0 Å². The molecule has 1 nitrogen and oxygen atoms in total. The van der Waals surface area contributed by atoms with Crippen molar-refractivity contribution in [3.8, 4) is 5.75 Å². The maximum atomic E-state index is 6.07. The Balaban J connectivity index is 1.90. The first-order valence-corrected chi connectivity index (χ1v) is 6.62. The Kier molecular flexibility index (Phi) is 2.89. The highest BCUT2D eigenvalue weighted by atomic mass is 79.9. The number of fused-ring (bicyclic) bond motifs is 1. The monoisotopic (exact) mass is 288 g/mol. The van der Waals surface area contributed by atoms with E-state index in [4.69, 9.17) is 4.74 Å². The normalized spacial score (nSPS) is 18.3. The zero-order chi connectivity index (χ0) is 11.7. The molecule has 0 bridgehead atoms. The summed E-state index contributed by atoms with van der Waals surface area (Å²) in [6, 6.07) is 16.7. The first-order valence-electron chi connectivity index (χ1n) is 5.83. The summed E-state index contributed by atoms with van der Waals surface area (Å²) in [5, 5.41) is 0. The van der Waals surface area contributed by atoms with Gasteiger partial charge in [0.2, 0.25) is 0 Å². The summed E-state index contributed by atoms with van der Waals surface area (Å²) in [6.07, 6.45) is 2.33. The number of hydrogen-bond donors (Lipinski definition) is 0. The third kappa shape index (κ3) is 2.22. The SMILES string of the molecule is Brc1ccc2c(c1)OC(c1ccccc1)CC2. The van der Waals surface area contributed by atoms with Crippen LogP contribution >= 0.6 is 15.9 Å². The highest BCUT2D eigenvalue weighted by molar-refractivity contribution is 9.10. The van der Waals surface area contributed by atoms with E-state index in [1.165, 1.54) is 11.1 Å². The molecule has 0 aliphatic carbocycles. The minimum absolute atomic E-state index is 0.193. The van der Waals surface area contributed by atoms with Gasteiger partial charge in [-0.25, -0.2) is 0 Å². The first-order chi connectivity index (χ1) is 8.33. The Morgan fingerprint density at radius 2 is 1.88 bits per heavy atom. The average molecular weight is 289 g/mol. The van der Waals surface area contributed by atoms with E-state index in [-0.39, 0.29) is 6.10 Å². The van der Waals surface area contributed by atoms with Crippen LogP contribution in [-0.4, -0.2) is 0 Å². The Morgan fingerprint density at radius 1 is 1.06 bits per heavy atom. The molecule has 86 valence electrons. The summed E-state index contributed by atoms with van der Waals surface area (Å²) in [5.74, 6) is 1.01. The topological polar surface area (TPSA) is 9.23 Å². The molecule has 1 aliphatic heterocycles. The molecule has 1 atom stereocenters. The van der Waals surface area contributed by atoms with Crippen LogP contribution in [0.2, 0.25) is 0 Å². The van der Waals surface area contributed by atoms with E-state index >= 15 is 0 Å². The molecule has 3 rings (SSSR count).